The standard InChI is InChI=1S/C22H20FN7O2/c23-16-2-3-17-13(6-16)9-20(22(25)28-17)32-12-15-8-18-14(10-27-30(18)11-21(24)31)7-19(15)29-5-1-4-26-29/h1-3,5-10,26H,4,11-12H2,(H2,24,31)(H2,25,28). The molecule has 0 atom stereocenters. The molecule has 162 valence electrons. The number of fused-ring (bicyclic) bond motifs is 2. The topological polar surface area (TPSA) is 124 Å². The van der Waals surface area contributed by atoms with Gasteiger partial charge in [-0.2, -0.15) is 5.10 Å². The number of anilines is 2. The van der Waals surface area contributed by atoms with Crippen molar-refractivity contribution in [1.29, 1.82) is 0 Å². The number of nitrogens with zero attached hydrogens (tertiary/aromatic N) is 4. The van der Waals surface area contributed by atoms with Crippen molar-refractivity contribution in [3.63, 3.8) is 0 Å². The Morgan fingerprint density at radius 1 is 1.22 bits per heavy atom. The molecule has 32 heavy (non-hydrogen) atoms. The second-order valence-electron chi connectivity index (χ2n) is 7.42. The van der Waals surface area contributed by atoms with Crippen LogP contribution in [0.2, 0.25) is 0 Å². The fourth-order valence-corrected chi connectivity index (χ4v) is 3.71. The highest BCUT2D eigenvalue weighted by atomic mass is 19.1. The predicted molar refractivity (Wildman–Crippen MR) is 119 cm³/mol. The molecule has 1 amide bonds. The molecule has 0 fully saturated rings. The minimum Gasteiger partial charge on any atom is -0.485 e. The molecule has 0 radical (unpaired) electrons. The van der Waals surface area contributed by atoms with Crippen LogP contribution in [0, 0.1) is 5.82 Å². The van der Waals surface area contributed by atoms with Gasteiger partial charge >= 0.3 is 0 Å². The summed E-state index contributed by atoms with van der Waals surface area (Å²) >= 11 is 0. The van der Waals surface area contributed by atoms with Crippen molar-refractivity contribution in [2.24, 2.45) is 5.73 Å². The molecule has 1 aliphatic rings. The highest BCUT2D eigenvalue weighted by Crippen LogP contribution is 2.31. The molecule has 4 aromatic rings. The summed E-state index contributed by atoms with van der Waals surface area (Å²) < 4.78 is 21.2. The van der Waals surface area contributed by atoms with Gasteiger partial charge in [0.1, 0.15) is 19.0 Å². The minimum absolute atomic E-state index is 0.0296. The largest absolute Gasteiger partial charge is 0.485 e. The maximum Gasteiger partial charge on any atom is 0.239 e. The fraction of sp³-hybridized carbons (Fsp3) is 0.136. The monoisotopic (exact) mass is 433 g/mol. The third-order valence-electron chi connectivity index (χ3n) is 5.19. The van der Waals surface area contributed by atoms with Crippen molar-refractivity contribution >= 4 is 39.2 Å². The van der Waals surface area contributed by atoms with Crippen molar-refractivity contribution < 1.29 is 13.9 Å². The van der Waals surface area contributed by atoms with E-state index in [-0.39, 0.29) is 24.8 Å². The highest BCUT2D eigenvalue weighted by Gasteiger charge is 2.17. The van der Waals surface area contributed by atoms with Gasteiger partial charge in [0.2, 0.25) is 5.91 Å². The van der Waals surface area contributed by atoms with Crippen LogP contribution in [0.3, 0.4) is 0 Å². The van der Waals surface area contributed by atoms with Crippen molar-refractivity contribution in [1.82, 2.24) is 20.2 Å². The summed E-state index contributed by atoms with van der Waals surface area (Å²) in [6.07, 6.45) is 5.60. The summed E-state index contributed by atoms with van der Waals surface area (Å²) in [5, 5.41) is 7.61. The number of hydrogen-bond acceptors (Lipinski definition) is 7. The fourth-order valence-electron chi connectivity index (χ4n) is 3.71. The first kappa shape index (κ1) is 19.8. The number of carbonyl (C=O) groups excluding carboxylic acids is 1. The van der Waals surface area contributed by atoms with Gasteiger partial charge in [0.05, 0.1) is 22.9 Å². The Morgan fingerprint density at radius 2 is 2.09 bits per heavy atom. The number of nitrogens with one attached hydrogen (secondary N) is 1. The molecular formula is C22H20FN7O2. The molecule has 2 aromatic carbocycles. The summed E-state index contributed by atoms with van der Waals surface area (Å²) in [7, 11) is 0. The zero-order chi connectivity index (χ0) is 22.2. The average molecular weight is 433 g/mol. The zero-order valence-electron chi connectivity index (χ0n) is 17.0. The third kappa shape index (κ3) is 3.67. The minimum atomic E-state index is -0.483. The number of pyridine rings is 1. The molecule has 0 saturated carbocycles. The lowest BCUT2D eigenvalue weighted by Crippen LogP contribution is -2.29. The maximum atomic E-state index is 13.6. The molecule has 9 nitrogen and oxygen atoms in total. The van der Waals surface area contributed by atoms with E-state index in [0.717, 1.165) is 22.2 Å². The van der Waals surface area contributed by atoms with Crippen LogP contribution < -0.4 is 26.6 Å². The van der Waals surface area contributed by atoms with Gasteiger partial charge in [0.15, 0.2) is 11.6 Å². The van der Waals surface area contributed by atoms with Gasteiger partial charge in [-0.05, 0) is 36.4 Å². The highest BCUT2D eigenvalue weighted by molar-refractivity contribution is 5.86. The molecule has 0 saturated heterocycles. The van der Waals surface area contributed by atoms with E-state index in [1.54, 1.807) is 23.0 Å². The number of primary amides is 1. The molecule has 1 aliphatic heterocycles. The molecular weight excluding hydrogens is 413 g/mol. The lowest BCUT2D eigenvalue weighted by Gasteiger charge is -2.21. The van der Waals surface area contributed by atoms with Gasteiger partial charge in [0, 0.05) is 29.1 Å². The van der Waals surface area contributed by atoms with Crippen LogP contribution in [-0.2, 0) is 17.9 Å². The van der Waals surface area contributed by atoms with E-state index in [1.165, 1.54) is 12.1 Å². The zero-order valence-corrected chi connectivity index (χ0v) is 17.0. The Hall–Kier alpha value is -4.18. The molecule has 0 bridgehead atoms. The molecule has 3 heterocycles. The van der Waals surface area contributed by atoms with Gasteiger partial charge in [-0.15, -0.1) is 0 Å². The number of ether oxygens (including phenoxy) is 1. The number of hydrogen-bond donors (Lipinski definition) is 3. The number of carbonyl (C=O) groups is 1. The van der Waals surface area contributed by atoms with Gasteiger partial charge in [-0.25, -0.2) is 14.8 Å². The molecule has 0 aliphatic carbocycles. The number of nitrogen functional groups attached to an aromatic ring is 1. The van der Waals surface area contributed by atoms with E-state index in [2.05, 4.69) is 15.5 Å². The van der Waals surface area contributed by atoms with Crippen molar-refractivity contribution in [2.45, 2.75) is 13.2 Å². The van der Waals surface area contributed by atoms with Crippen molar-refractivity contribution in [3.8, 4) is 5.75 Å². The van der Waals surface area contributed by atoms with Crippen molar-refractivity contribution in [3.05, 3.63) is 66.3 Å². The van der Waals surface area contributed by atoms with Gasteiger partial charge in [0.25, 0.3) is 0 Å². The Labute approximate surface area is 182 Å². The molecule has 2 aromatic heterocycles. The van der Waals surface area contributed by atoms with Crippen LogP contribution in [0.25, 0.3) is 21.8 Å². The molecule has 0 unspecified atom stereocenters. The van der Waals surface area contributed by atoms with Gasteiger partial charge in [-0.1, -0.05) is 6.08 Å². The number of rotatable bonds is 6. The number of hydrazine groups is 1. The van der Waals surface area contributed by atoms with Crippen LogP contribution >= 0.6 is 0 Å². The second kappa shape index (κ2) is 7.82. The SMILES string of the molecule is NC(=O)Cn1ncc2cc(N3C=CCN3)c(COc3cc4cc(F)ccc4nc3N)cc21. The predicted octanol–water partition coefficient (Wildman–Crippen LogP) is 2.21. The van der Waals surface area contributed by atoms with Gasteiger partial charge < -0.3 is 16.2 Å². The first-order valence-electron chi connectivity index (χ1n) is 9.92. The van der Waals surface area contributed by atoms with Gasteiger partial charge in [-0.3, -0.25) is 14.5 Å². The number of amides is 1. The summed E-state index contributed by atoms with van der Waals surface area (Å²) in [6.45, 7) is 0.830. The summed E-state index contributed by atoms with van der Waals surface area (Å²) in [6, 6.07) is 9.82. The summed E-state index contributed by atoms with van der Waals surface area (Å²) in [4.78, 5) is 15.7. The van der Waals surface area contributed by atoms with Crippen LogP contribution in [0.4, 0.5) is 15.9 Å². The van der Waals surface area contributed by atoms with E-state index in [0.29, 0.717) is 23.2 Å². The van der Waals surface area contributed by atoms with E-state index in [1.807, 2.05) is 29.4 Å². The Kier molecular flexibility index (Phi) is 4.83. The number of nitrogens with two attached hydrogens (primary N) is 2. The number of benzene rings is 2. The quantitative estimate of drug-likeness (QED) is 0.426. The Morgan fingerprint density at radius 3 is 2.88 bits per heavy atom. The number of halogens is 1. The normalized spacial score (nSPS) is 13.3. The second-order valence-corrected chi connectivity index (χ2v) is 7.42. The maximum absolute atomic E-state index is 13.6. The Balaban J connectivity index is 1.52. The molecule has 5 N–H and O–H groups in total. The first-order chi connectivity index (χ1) is 15.5. The van der Waals surface area contributed by atoms with E-state index >= 15 is 0 Å². The van der Waals surface area contributed by atoms with Crippen LogP contribution in [0.15, 0.2) is 54.9 Å². The van der Waals surface area contributed by atoms with E-state index in [4.69, 9.17) is 16.2 Å². The smallest absolute Gasteiger partial charge is 0.239 e. The average Bonchev–Trinajstić information content (AvgIpc) is 3.42. The third-order valence-corrected chi connectivity index (χ3v) is 5.19. The summed E-state index contributed by atoms with van der Waals surface area (Å²) in [5.74, 6) is -0.282. The Bertz CT molecular complexity index is 1380. The first-order valence-corrected chi connectivity index (χ1v) is 9.92. The number of aromatic nitrogens is 3. The van der Waals surface area contributed by atoms with E-state index < -0.39 is 5.91 Å². The van der Waals surface area contributed by atoms with Crippen molar-refractivity contribution in [2.75, 3.05) is 17.3 Å². The molecule has 0 spiro atoms. The molecule has 10 heteroatoms. The molecule has 5 rings (SSSR count). The van der Waals surface area contributed by atoms with Crippen LogP contribution in [-0.4, -0.2) is 27.2 Å². The van der Waals surface area contributed by atoms with E-state index in [9.17, 15) is 9.18 Å². The van der Waals surface area contributed by atoms with Crippen LogP contribution in [0.1, 0.15) is 5.56 Å². The van der Waals surface area contributed by atoms with Crippen LogP contribution in [0.5, 0.6) is 5.75 Å². The summed E-state index contributed by atoms with van der Waals surface area (Å²) in [5.41, 5.74) is 17.7. The lowest BCUT2D eigenvalue weighted by atomic mass is 10.1. The lowest BCUT2D eigenvalue weighted by molar-refractivity contribution is -0.118.